The lowest BCUT2D eigenvalue weighted by molar-refractivity contribution is 0.0590. The first-order valence-electron chi connectivity index (χ1n) is 14.1. The number of fused-ring (bicyclic) bond motifs is 1. The third-order valence-corrected chi connectivity index (χ3v) is 9.02. The Bertz CT molecular complexity index is 1410. The molecule has 2 aliphatic carbocycles. The summed E-state index contributed by atoms with van der Waals surface area (Å²) in [5.41, 5.74) is 6.91. The van der Waals surface area contributed by atoms with Crippen molar-refractivity contribution in [3.05, 3.63) is 78.1 Å². The lowest BCUT2D eigenvalue weighted by Gasteiger charge is -2.48. The Morgan fingerprint density at radius 2 is 1.85 bits per heavy atom. The highest BCUT2D eigenvalue weighted by Crippen LogP contribution is 2.44. The van der Waals surface area contributed by atoms with E-state index in [0.29, 0.717) is 28.7 Å². The van der Waals surface area contributed by atoms with Crippen LogP contribution in [0.25, 0.3) is 11.0 Å². The van der Waals surface area contributed by atoms with Crippen LogP contribution in [0.3, 0.4) is 0 Å². The molecule has 210 valence electrons. The predicted molar refractivity (Wildman–Crippen MR) is 153 cm³/mol. The summed E-state index contributed by atoms with van der Waals surface area (Å²) in [6.45, 7) is 4.45. The summed E-state index contributed by atoms with van der Waals surface area (Å²) in [6, 6.07) is 9.90. The summed E-state index contributed by atoms with van der Waals surface area (Å²) >= 11 is 0. The van der Waals surface area contributed by atoms with E-state index in [9.17, 15) is 4.79 Å². The number of nitrogens with two attached hydrogens (primary N) is 1. The van der Waals surface area contributed by atoms with Crippen molar-refractivity contribution in [1.82, 2.24) is 35.3 Å². The second-order valence-corrected chi connectivity index (χ2v) is 11.4. The summed E-state index contributed by atoms with van der Waals surface area (Å²) < 4.78 is 6.09. The summed E-state index contributed by atoms with van der Waals surface area (Å²) in [7, 11) is 3.84. The molecule has 4 N–H and O–H groups in total. The summed E-state index contributed by atoms with van der Waals surface area (Å²) in [5.74, 6) is 0.630. The van der Waals surface area contributed by atoms with Crippen LogP contribution < -0.4 is 11.1 Å². The maximum atomic E-state index is 13.6. The van der Waals surface area contributed by atoms with Crippen molar-refractivity contribution in [2.75, 3.05) is 40.3 Å². The van der Waals surface area contributed by atoms with Crippen molar-refractivity contribution in [3.63, 3.8) is 0 Å². The van der Waals surface area contributed by atoms with Gasteiger partial charge in [0.25, 0.3) is 5.91 Å². The Labute approximate surface area is 234 Å². The number of piperazine rings is 1. The molecule has 40 heavy (non-hydrogen) atoms. The van der Waals surface area contributed by atoms with Gasteiger partial charge in [-0.3, -0.25) is 14.8 Å². The number of benzene rings is 1. The maximum absolute atomic E-state index is 13.6. The second kappa shape index (κ2) is 10.8. The monoisotopic (exact) mass is 542 g/mol. The number of aromatic nitrogens is 4. The van der Waals surface area contributed by atoms with Crippen LogP contribution in [-0.2, 0) is 10.3 Å². The Balaban J connectivity index is 1.32. The van der Waals surface area contributed by atoms with Crippen molar-refractivity contribution >= 4 is 16.9 Å². The predicted octanol–water partition coefficient (Wildman–Crippen LogP) is 2.58. The molecular weight excluding hydrogens is 504 g/mol. The van der Waals surface area contributed by atoms with Crippen molar-refractivity contribution in [3.8, 4) is 0 Å². The Morgan fingerprint density at radius 1 is 1.10 bits per heavy atom. The molecular formula is C30H38N8O2. The number of carbonyl (C=O) groups is 1. The van der Waals surface area contributed by atoms with Crippen molar-refractivity contribution < 1.29 is 9.53 Å². The summed E-state index contributed by atoms with van der Waals surface area (Å²) in [5, 5.41) is 11.6. The van der Waals surface area contributed by atoms with E-state index in [0.717, 1.165) is 57.2 Å². The molecule has 0 spiro atoms. The van der Waals surface area contributed by atoms with E-state index in [1.807, 2.05) is 48.6 Å². The number of H-pyrrole nitrogens is 1. The number of aromatic amines is 1. The van der Waals surface area contributed by atoms with Gasteiger partial charge < -0.3 is 20.7 Å². The number of carbonyl (C=O) groups excluding carboxylic acids is 1. The zero-order valence-electron chi connectivity index (χ0n) is 23.2. The molecule has 2 fully saturated rings. The second-order valence-electron chi connectivity index (χ2n) is 11.4. The highest BCUT2D eigenvalue weighted by molar-refractivity contribution is 5.95. The molecule has 1 amide bonds. The number of methoxy groups -OCH3 is 1. The molecule has 6 rings (SSSR count). The number of hydrogen-bond donors (Lipinski definition) is 3. The maximum Gasteiger partial charge on any atom is 0.252 e. The lowest BCUT2D eigenvalue weighted by Crippen LogP contribution is -2.58. The number of nitrogens with one attached hydrogen (secondary N) is 2. The third-order valence-electron chi connectivity index (χ3n) is 9.02. The number of amides is 1. The van der Waals surface area contributed by atoms with E-state index in [4.69, 9.17) is 10.5 Å². The number of nitrogens with zero attached hydrogens (tertiary/aromatic N) is 5. The van der Waals surface area contributed by atoms with Gasteiger partial charge in [0.2, 0.25) is 0 Å². The molecule has 1 aliphatic heterocycles. The zero-order chi connectivity index (χ0) is 27.7. The Kier molecular flexibility index (Phi) is 7.16. The normalized spacial score (nSPS) is 29.7. The van der Waals surface area contributed by atoms with Crippen LogP contribution >= 0.6 is 0 Å². The average Bonchev–Trinajstić information content (AvgIpc) is 3.44. The number of ether oxygens (including phenoxy) is 1. The fourth-order valence-electron chi connectivity index (χ4n) is 6.68. The minimum Gasteiger partial charge on any atom is -0.498 e. The van der Waals surface area contributed by atoms with Gasteiger partial charge in [-0.15, -0.1) is 0 Å². The average molecular weight is 543 g/mol. The minimum absolute atomic E-state index is 0.141. The van der Waals surface area contributed by atoms with Crippen molar-refractivity contribution in [2.45, 2.75) is 42.8 Å². The van der Waals surface area contributed by atoms with Gasteiger partial charge in [0, 0.05) is 44.0 Å². The van der Waals surface area contributed by atoms with Gasteiger partial charge in [0.1, 0.15) is 28.9 Å². The van der Waals surface area contributed by atoms with Gasteiger partial charge >= 0.3 is 0 Å². The molecule has 0 radical (unpaired) electrons. The minimum atomic E-state index is -1.06. The first-order valence-corrected chi connectivity index (χ1v) is 14.1. The molecule has 3 aromatic rings. The molecule has 3 heterocycles. The molecule has 2 atom stereocenters. The number of likely N-dealkylation sites (N-methyl/N-ethyl adjacent to an activating group) is 1. The topological polar surface area (TPSA) is 125 Å². The fourth-order valence-corrected chi connectivity index (χ4v) is 6.68. The highest BCUT2D eigenvalue weighted by atomic mass is 16.5. The molecule has 10 heteroatoms. The van der Waals surface area contributed by atoms with Crippen LogP contribution in [0.1, 0.15) is 41.7 Å². The molecule has 10 nitrogen and oxygen atoms in total. The number of hydrogen-bond acceptors (Lipinski definition) is 8. The lowest BCUT2D eigenvalue weighted by atomic mass is 9.68. The van der Waals surface area contributed by atoms with Crippen LogP contribution in [0, 0.1) is 5.92 Å². The van der Waals surface area contributed by atoms with Gasteiger partial charge in [-0.25, -0.2) is 9.97 Å². The molecule has 2 aromatic heterocycles. The van der Waals surface area contributed by atoms with Crippen LogP contribution in [0.15, 0.2) is 66.8 Å². The van der Waals surface area contributed by atoms with E-state index < -0.39 is 11.1 Å². The Morgan fingerprint density at radius 3 is 2.58 bits per heavy atom. The standard InChI is InChI=1S/C30H38N8O2/c1-37-14-16-38(17-15-37)23-10-8-22(9-11-23)30(34-28(39)21-6-4-3-5-7-21)13-12-29(31,18-25(30)40-2)26-24-19-32-20-33-27(24)36-35-26/h3-7,12-13,18-20,22-23H,8-11,14-17,31H2,1-2H3,(H,34,39)(H,32,33,35,36). The van der Waals surface area contributed by atoms with E-state index in [1.54, 1.807) is 13.3 Å². The van der Waals surface area contributed by atoms with Gasteiger partial charge in [-0.2, -0.15) is 5.10 Å². The van der Waals surface area contributed by atoms with E-state index in [2.05, 4.69) is 42.3 Å². The first kappa shape index (κ1) is 26.6. The number of rotatable bonds is 6. The fraction of sp³-hybridized carbons (Fsp3) is 0.467. The van der Waals surface area contributed by atoms with Crippen LogP contribution in [0.4, 0.5) is 0 Å². The van der Waals surface area contributed by atoms with Crippen molar-refractivity contribution in [1.29, 1.82) is 0 Å². The van der Waals surface area contributed by atoms with Crippen LogP contribution in [0.5, 0.6) is 0 Å². The van der Waals surface area contributed by atoms with Gasteiger partial charge in [0.05, 0.1) is 12.5 Å². The molecule has 1 aromatic carbocycles. The van der Waals surface area contributed by atoms with E-state index >= 15 is 0 Å². The molecule has 2 unspecified atom stereocenters. The highest BCUT2D eigenvalue weighted by Gasteiger charge is 2.49. The molecule has 1 saturated heterocycles. The van der Waals surface area contributed by atoms with Gasteiger partial charge in [-0.1, -0.05) is 30.4 Å². The molecule has 1 saturated carbocycles. The summed E-state index contributed by atoms with van der Waals surface area (Å²) in [6.07, 6.45) is 13.2. The molecule has 0 bridgehead atoms. The van der Waals surface area contributed by atoms with E-state index in [1.165, 1.54) is 6.33 Å². The largest absolute Gasteiger partial charge is 0.498 e. The zero-order valence-corrected chi connectivity index (χ0v) is 23.2. The van der Waals surface area contributed by atoms with Crippen molar-refractivity contribution in [2.24, 2.45) is 11.7 Å². The molecule has 3 aliphatic rings. The van der Waals surface area contributed by atoms with E-state index in [-0.39, 0.29) is 11.8 Å². The smallest absolute Gasteiger partial charge is 0.252 e. The van der Waals surface area contributed by atoms with Gasteiger partial charge in [-0.05, 0) is 56.9 Å². The summed E-state index contributed by atoms with van der Waals surface area (Å²) in [4.78, 5) is 27.1. The Hall–Kier alpha value is -3.60. The van der Waals surface area contributed by atoms with Crippen LogP contribution in [0.2, 0.25) is 0 Å². The SMILES string of the molecule is COC1=CC(N)(c2n[nH]c3ncncc23)C=CC1(NC(=O)c1ccccc1)C1CCC(N2CCN(C)CC2)CC1. The van der Waals surface area contributed by atoms with Gasteiger partial charge in [0.15, 0.2) is 5.65 Å². The van der Waals surface area contributed by atoms with Crippen LogP contribution in [-0.4, -0.2) is 87.8 Å². The third kappa shape index (κ3) is 4.80. The quantitative estimate of drug-likeness (QED) is 0.406. The first-order chi connectivity index (χ1) is 19.4.